The minimum Gasteiger partial charge on any atom is -0.232 e. The van der Waals surface area contributed by atoms with Gasteiger partial charge in [0.15, 0.2) is 23.3 Å². The van der Waals surface area contributed by atoms with Crippen LogP contribution in [0, 0.1) is 37.1 Å². The summed E-state index contributed by atoms with van der Waals surface area (Å²) in [5.41, 5.74) is -3.57. The van der Waals surface area contributed by atoms with E-state index in [9.17, 15) is 30.7 Å². The van der Waals surface area contributed by atoms with Gasteiger partial charge < -0.3 is 0 Å². The molecule has 21 heavy (non-hydrogen) atoms. The van der Waals surface area contributed by atoms with Crippen LogP contribution >= 0.6 is 0 Å². The van der Waals surface area contributed by atoms with Gasteiger partial charge in [-0.25, -0.2) is 22.2 Å². The Kier molecular flexibility index (Phi) is 3.46. The zero-order valence-electron chi connectivity index (χ0n) is 10.6. The van der Waals surface area contributed by atoms with Crippen LogP contribution in [-0.4, -0.2) is 9.78 Å². The molecule has 2 nitrogen and oxygen atoms in total. The molecule has 1 aromatic carbocycles. The number of aromatic nitrogens is 2. The molecular formula is C12H7F7N2. The topological polar surface area (TPSA) is 17.8 Å². The van der Waals surface area contributed by atoms with Crippen LogP contribution in [-0.2, 0) is 6.18 Å². The van der Waals surface area contributed by atoms with Gasteiger partial charge in [-0.05, 0) is 19.9 Å². The molecule has 0 aliphatic rings. The van der Waals surface area contributed by atoms with Crippen molar-refractivity contribution in [2.24, 2.45) is 0 Å². The number of nitrogens with zero attached hydrogens (tertiary/aromatic N) is 2. The number of rotatable bonds is 1. The summed E-state index contributed by atoms with van der Waals surface area (Å²) < 4.78 is 92.4. The maximum absolute atomic E-state index is 13.8. The molecule has 0 spiro atoms. The molecule has 1 aromatic heterocycles. The Morgan fingerprint density at radius 3 is 1.71 bits per heavy atom. The van der Waals surface area contributed by atoms with Gasteiger partial charge in [0.05, 0.1) is 5.69 Å². The van der Waals surface area contributed by atoms with Crippen molar-refractivity contribution in [3.8, 4) is 5.69 Å². The largest absolute Gasteiger partial charge is 0.422 e. The molecule has 0 saturated heterocycles. The number of halogens is 7. The lowest BCUT2D eigenvalue weighted by Crippen LogP contribution is -2.18. The Bertz CT molecular complexity index is 686. The van der Waals surface area contributed by atoms with Crippen molar-refractivity contribution in [2.75, 3.05) is 0 Å². The Morgan fingerprint density at radius 1 is 0.905 bits per heavy atom. The van der Waals surface area contributed by atoms with Gasteiger partial charge in [0.25, 0.3) is 0 Å². The van der Waals surface area contributed by atoms with Crippen molar-refractivity contribution in [3.05, 3.63) is 46.3 Å². The van der Waals surface area contributed by atoms with Gasteiger partial charge in [-0.3, -0.25) is 0 Å². The maximum atomic E-state index is 13.8. The van der Waals surface area contributed by atoms with E-state index < -0.39 is 40.7 Å². The summed E-state index contributed by atoms with van der Waals surface area (Å²) in [6, 6.07) is 1.34. The molecular weight excluding hydrogens is 305 g/mol. The van der Waals surface area contributed by atoms with E-state index in [0.29, 0.717) is 4.68 Å². The SMILES string of the molecule is Cc1cc(C)n(-c2c(F)c(F)c(C(F)(F)F)c(F)c2F)n1. The van der Waals surface area contributed by atoms with Crippen molar-refractivity contribution >= 4 is 0 Å². The highest BCUT2D eigenvalue weighted by Crippen LogP contribution is 2.37. The van der Waals surface area contributed by atoms with Gasteiger partial charge in [0, 0.05) is 5.69 Å². The van der Waals surface area contributed by atoms with Gasteiger partial charge in [0.1, 0.15) is 11.3 Å². The number of hydrogen-bond acceptors (Lipinski definition) is 1. The highest BCUT2D eigenvalue weighted by molar-refractivity contribution is 5.42. The minimum absolute atomic E-state index is 0.101. The highest BCUT2D eigenvalue weighted by atomic mass is 19.4. The predicted octanol–water partition coefficient (Wildman–Crippen LogP) is 4.06. The van der Waals surface area contributed by atoms with Crippen molar-refractivity contribution < 1.29 is 30.7 Å². The van der Waals surface area contributed by atoms with Gasteiger partial charge >= 0.3 is 6.18 Å². The molecule has 0 N–H and O–H groups in total. The predicted molar refractivity (Wildman–Crippen MR) is 57.9 cm³/mol. The maximum Gasteiger partial charge on any atom is 0.422 e. The molecule has 0 aliphatic heterocycles. The first-order valence-corrected chi connectivity index (χ1v) is 5.52. The lowest BCUT2D eigenvalue weighted by Gasteiger charge is -2.14. The molecule has 0 saturated carbocycles. The fourth-order valence-electron chi connectivity index (χ4n) is 1.91. The molecule has 0 atom stereocenters. The first kappa shape index (κ1) is 15.3. The fourth-order valence-corrected chi connectivity index (χ4v) is 1.91. The first-order chi connectivity index (χ1) is 9.55. The summed E-state index contributed by atoms with van der Waals surface area (Å²) in [5.74, 6) is -9.34. The fraction of sp³-hybridized carbons (Fsp3) is 0.250. The second-order valence-corrected chi connectivity index (χ2v) is 4.32. The van der Waals surface area contributed by atoms with E-state index in [1.807, 2.05) is 0 Å². The van der Waals surface area contributed by atoms with E-state index in [1.54, 1.807) is 0 Å². The van der Waals surface area contributed by atoms with Crippen molar-refractivity contribution in [2.45, 2.75) is 20.0 Å². The van der Waals surface area contributed by atoms with E-state index in [-0.39, 0.29) is 11.4 Å². The summed E-state index contributed by atoms with van der Waals surface area (Å²) in [4.78, 5) is 0. The van der Waals surface area contributed by atoms with Crippen LogP contribution in [0.1, 0.15) is 17.0 Å². The van der Waals surface area contributed by atoms with E-state index in [4.69, 9.17) is 0 Å². The standard InChI is InChI=1S/C12H7F7N2/c1-4-3-5(2)21(20-4)11-9(15)7(13)6(12(17,18)19)8(14)10(11)16/h3H,1-2H3. The molecule has 2 rings (SSSR count). The zero-order chi connectivity index (χ0) is 16.1. The van der Waals surface area contributed by atoms with Crippen LogP contribution in [0.15, 0.2) is 6.07 Å². The normalized spacial score (nSPS) is 12.0. The Morgan fingerprint density at radius 2 is 1.38 bits per heavy atom. The second-order valence-electron chi connectivity index (χ2n) is 4.32. The van der Waals surface area contributed by atoms with Crippen LogP contribution in [0.3, 0.4) is 0 Å². The number of aryl methyl sites for hydroxylation is 2. The quantitative estimate of drug-likeness (QED) is 0.573. The third-order valence-corrected chi connectivity index (χ3v) is 2.75. The average molecular weight is 312 g/mol. The van der Waals surface area contributed by atoms with Crippen LogP contribution in [0.2, 0.25) is 0 Å². The third-order valence-electron chi connectivity index (χ3n) is 2.75. The molecule has 0 amide bonds. The van der Waals surface area contributed by atoms with Crippen molar-refractivity contribution in [3.63, 3.8) is 0 Å². The Hall–Kier alpha value is -2.06. The Balaban J connectivity index is 2.86. The van der Waals surface area contributed by atoms with Crippen molar-refractivity contribution in [1.29, 1.82) is 0 Å². The highest BCUT2D eigenvalue weighted by Gasteiger charge is 2.42. The molecule has 0 aliphatic carbocycles. The molecule has 114 valence electrons. The van der Waals surface area contributed by atoms with Gasteiger partial charge in [-0.1, -0.05) is 0 Å². The summed E-state index contributed by atoms with van der Waals surface area (Å²) >= 11 is 0. The molecule has 0 fully saturated rings. The lowest BCUT2D eigenvalue weighted by molar-refractivity contribution is -0.143. The Labute approximate surface area is 113 Å². The van der Waals surface area contributed by atoms with E-state index in [2.05, 4.69) is 5.10 Å². The van der Waals surface area contributed by atoms with Crippen molar-refractivity contribution in [1.82, 2.24) is 9.78 Å². The zero-order valence-corrected chi connectivity index (χ0v) is 10.6. The van der Waals surface area contributed by atoms with Gasteiger partial charge in [-0.2, -0.15) is 18.3 Å². The van der Waals surface area contributed by atoms with Crippen LogP contribution in [0.5, 0.6) is 0 Å². The molecule has 0 bridgehead atoms. The van der Waals surface area contributed by atoms with Crippen LogP contribution in [0.25, 0.3) is 5.69 Å². The minimum atomic E-state index is -5.57. The monoisotopic (exact) mass is 312 g/mol. The van der Waals surface area contributed by atoms with Gasteiger partial charge in [0.2, 0.25) is 0 Å². The third kappa shape index (κ3) is 2.36. The number of hydrogen-bond donors (Lipinski definition) is 0. The van der Waals surface area contributed by atoms with E-state index in [0.717, 1.165) is 0 Å². The number of benzene rings is 1. The van der Waals surface area contributed by atoms with E-state index in [1.165, 1.54) is 19.9 Å². The smallest absolute Gasteiger partial charge is 0.232 e. The first-order valence-electron chi connectivity index (χ1n) is 5.52. The summed E-state index contributed by atoms with van der Waals surface area (Å²) in [6.45, 7) is 2.77. The molecule has 9 heteroatoms. The molecule has 1 heterocycles. The van der Waals surface area contributed by atoms with Crippen LogP contribution in [0.4, 0.5) is 30.7 Å². The molecule has 2 aromatic rings. The van der Waals surface area contributed by atoms with Gasteiger partial charge in [-0.15, -0.1) is 0 Å². The molecule has 0 unspecified atom stereocenters. The summed E-state index contributed by atoms with van der Waals surface area (Å²) in [6.07, 6.45) is -5.57. The van der Waals surface area contributed by atoms with Crippen LogP contribution < -0.4 is 0 Å². The summed E-state index contributed by atoms with van der Waals surface area (Å²) in [5, 5.41) is 3.60. The van der Waals surface area contributed by atoms with E-state index >= 15 is 0 Å². The summed E-state index contributed by atoms with van der Waals surface area (Å²) in [7, 11) is 0. The average Bonchev–Trinajstić information content (AvgIpc) is 2.65. The molecule has 0 radical (unpaired) electrons. The number of alkyl halides is 3. The second kappa shape index (κ2) is 4.74. The lowest BCUT2D eigenvalue weighted by atomic mass is 10.1.